The average molecular weight is 237 g/mol. The van der Waals surface area contributed by atoms with Crippen molar-refractivity contribution in [2.75, 3.05) is 0 Å². The summed E-state index contributed by atoms with van der Waals surface area (Å²) in [4.78, 5) is 4.64. The molecular formula is C13H17ClN2. The van der Waals surface area contributed by atoms with Crippen molar-refractivity contribution in [1.82, 2.24) is 9.55 Å². The molecule has 0 saturated heterocycles. The van der Waals surface area contributed by atoms with Gasteiger partial charge >= 0.3 is 0 Å². The molecule has 2 aromatic rings. The molecule has 0 saturated carbocycles. The Morgan fingerprint density at radius 3 is 2.56 bits per heavy atom. The Bertz CT molecular complexity index is 520. The molecule has 0 aliphatic heterocycles. The SMILES string of the molecule is CCc1nc2ccc(Cl)cc2n1C(C)(C)C. The lowest BCUT2D eigenvalue weighted by Gasteiger charge is -2.24. The van der Waals surface area contributed by atoms with Crippen LogP contribution in [0, 0.1) is 0 Å². The molecular weight excluding hydrogens is 220 g/mol. The topological polar surface area (TPSA) is 17.8 Å². The number of halogens is 1. The van der Waals surface area contributed by atoms with Gasteiger partial charge < -0.3 is 4.57 Å². The van der Waals surface area contributed by atoms with E-state index in [9.17, 15) is 0 Å². The van der Waals surface area contributed by atoms with Gasteiger partial charge in [0.15, 0.2) is 0 Å². The fraction of sp³-hybridized carbons (Fsp3) is 0.462. The van der Waals surface area contributed by atoms with E-state index in [1.54, 1.807) is 0 Å². The third-order valence-electron chi connectivity index (χ3n) is 2.67. The number of hydrogen-bond acceptors (Lipinski definition) is 1. The van der Waals surface area contributed by atoms with Gasteiger partial charge in [0, 0.05) is 17.0 Å². The third kappa shape index (κ3) is 1.82. The lowest BCUT2D eigenvalue weighted by atomic mass is 10.1. The van der Waals surface area contributed by atoms with Crippen LogP contribution in [-0.2, 0) is 12.0 Å². The van der Waals surface area contributed by atoms with Gasteiger partial charge in [0.05, 0.1) is 11.0 Å². The maximum atomic E-state index is 6.05. The van der Waals surface area contributed by atoms with Gasteiger partial charge in [-0.2, -0.15) is 0 Å². The van der Waals surface area contributed by atoms with E-state index in [1.807, 2.05) is 18.2 Å². The van der Waals surface area contributed by atoms with Crippen LogP contribution in [0.4, 0.5) is 0 Å². The molecule has 2 nitrogen and oxygen atoms in total. The van der Waals surface area contributed by atoms with Gasteiger partial charge in [-0.25, -0.2) is 4.98 Å². The minimum absolute atomic E-state index is 0.0325. The van der Waals surface area contributed by atoms with E-state index < -0.39 is 0 Å². The van der Waals surface area contributed by atoms with Crippen LogP contribution < -0.4 is 0 Å². The summed E-state index contributed by atoms with van der Waals surface area (Å²) in [5, 5.41) is 0.764. The van der Waals surface area contributed by atoms with E-state index in [1.165, 1.54) is 0 Å². The average Bonchev–Trinajstić information content (AvgIpc) is 2.54. The first-order valence-electron chi connectivity index (χ1n) is 5.61. The molecule has 3 heteroatoms. The van der Waals surface area contributed by atoms with Crippen LogP contribution in [0.1, 0.15) is 33.5 Å². The number of fused-ring (bicyclic) bond motifs is 1. The standard InChI is InChI=1S/C13H17ClN2/c1-5-12-15-10-7-6-9(14)8-11(10)16(12)13(2,3)4/h6-8H,5H2,1-4H3. The third-order valence-corrected chi connectivity index (χ3v) is 2.91. The quantitative estimate of drug-likeness (QED) is 0.732. The number of imidazole rings is 1. The summed E-state index contributed by atoms with van der Waals surface area (Å²) in [7, 11) is 0. The first-order valence-corrected chi connectivity index (χ1v) is 5.98. The number of nitrogens with zero attached hydrogens (tertiary/aromatic N) is 2. The van der Waals surface area contributed by atoms with E-state index in [-0.39, 0.29) is 5.54 Å². The maximum Gasteiger partial charge on any atom is 0.110 e. The number of hydrogen-bond donors (Lipinski definition) is 0. The fourth-order valence-corrected chi connectivity index (χ4v) is 2.25. The van der Waals surface area contributed by atoms with Crippen molar-refractivity contribution in [3.05, 3.63) is 29.0 Å². The van der Waals surface area contributed by atoms with Gasteiger partial charge in [-0.1, -0.05) is 18.5 Å². The number of aryl methyl sites for hydroxylation is 1. The maximum absolute atomic E-state index is 6.05. The van der Waals surface area contributed by atoms with Crippen LogP contribution in [-0.4, -0.2) is 9.55 Å². The van der Waals surface area contributed by atoms with Crippen molar-refractivity contribution in [3.63, 3.8) is 0 Å². The Morgan fingerprint density at radius 2 is 2.00 bits per heavy atom. The molecule has 0 N–H and O–H groups in total. The Kier molecular flexibility index (Phi) is 2.70. The van der Waals surface area contributed by atoms with Crippen LogP contribution in [0.25, 0.3) is 11.0 Å². The van der Waals surface area contributed by atoms with E-state index in [4.69, 9.17) is 11.6 Å². The van der Waals surface area contributed by atoms with Gasteiger partial charge in [0.25, 0.3) is 0 Å². The number of aromatic nitrogens is 2. The summed E-state index contributed by atoms with van der Waals surface area (Å²) in [5.74, 6) is 1.12. The van der Waals surface area contributed by atoms with Crippen LogP contribution in [0.15, 0.2) is 18.2 Å². The summed E-state index contributed by atoms with van der Waals surface area (Å²) in [6.07, 6.45) is 0.934. The zero-order valence-corrected chi connectivity index (χ0v) is 11.0. The molecule has 1 aromatic heterocycles. The second-order valence-electron chi connectivity index (χ2n) is 5.02. The lowest BCUT2D eigenvalue weighted by molar-refractivity contribution is 0.395. The Labute approximate surface area is 101 Å². The smallest absolute Gasteiger partial charge is 0.110 e. The predicted octanol–water partition coefficient (Wildman–Crippen LogP) is 4.01. The molecule has 0 aliphatic rings. The zero-order valence-electron chi connectivity index (χ0n) is 10.2. The van der Waals surface area contributed by atoms with Gasteiger partial charge in [-0.3, -0.25) is 0 Å². The van der Waals surface area contributed by atoms with E-state index >= 15 is 0 Å². The molecule has 0 radical (unpaired) electrons. The molecule has 0 unspecified atom stereocenters. The number of benzene rings is 1. The van der Waals surface area contributed by atoms with Crippen molar-refractivity contribution >= 4 is 22.6 Å². The lowest BCUT2D eigenvalue weighted by Crippen LogP contribution is -2.23. The van der Waals surface area contributed by atoms with E-state index in [2.05, 4.69) is 37.2 Å². The molecule has 0 spiro atoms. The van der Waals surface area contributed by atoms with Crippen molar-refractivity contribution < 1.29 is 0 Å². The minimum Gasteiger partial charge on any atom is -0.323 e. The second kappa shape index (κ2) is 3.77. The summed E-state index contributed by atoms with van der Waals surface area (Å²) in [6.45, 7) is 8.70. The molecule has 16 heavy (non-hydrogen) atoms. The normalized spacial score (nSPS) is 12.3. The first kappa shape index (κ1) is 11.5. The molecule has 86 valence electrons. The van der Waals surface area contributed by atoms with Crippen LogP contribution >= 0.6 is 11.6 Å². The summed E-state index contributed by atoms with van der Waals surface area (Å²) in [6, 6.07) is 5.87. The first-order chi connectivity index (χ1) is 7.43. The molecule has 2 rings (SSSR count). The highest BCUT2D eigenvalue weighted by atomic mass is 35.5. The molecule has 1 heterocycles. The summed E-state index contributed by atoms with van der Waals surface area (Å²) in [5.41, 5.74) is 2.18. The molecule has 0 bridgehead atoms. The molecule has 0 atom stereocenters. The highest BCUT2D eigenvalue weighted by Gasteiger charge is 2.20. The van der Waals surface area contributed by atoms with Crippen molar-refractivity contribution in [2.24, 2.45) is 0 Å². The van der Waals surface area contributed by atoms with Gasteiger partial charge in [-0.05, 0) is 39.0 Å². The second-order valence-corrected chi connectivity index (χ2v) is 5.46. The number of rotatable bonds is 1. The Balaban J connectivity index is 2.81. The fourth-order valence-electron chi connectivity index (χ4n) is 2.08. The van der Waals surface area contributed by atoms with Gasteiger partial charge in [0.1, 0.15) is 5.82 Å². The van der Waals surface area contributed by atoms with Crippen LogP contribution in [0.3, 0.4) is 0 Å². The van der Waals surface area contributed by atoms with E-state index in [0.29, 0.717) is 0 Å². The minimum atomic E-state index is 0.0325. The van der Waals surface area contributed by atoms with Crippen molar-refractivity contribution in [3.8, 4) is 0 Å². The molecule has 0 aliphatic carbocycles. The summed E-state index contributed by atoms with van der Waals surface area (Å²) < 4.78 is 2.27. The van der Waals surface area contributed by atoms with Gasteiger partial charge in [-0.15, -0.1) is 0 Å². The Morgan fingerprint density at radius 1 is 1.31 bits per heavy atom. The molecule has 1 aromatic carbocycles. The van der Waals surface area contributed by atoms with Crippen molar-refractivity contribution in [2.45, 2.75) is 39.7 Å². The highest BCUT2D eigenvalue weighted by Crippen LogP contribution is 2.27. The summed E-state index contributed by atoms with van der Waals surface area (Å²) >= 11 is 6.05. The Hall–Kier alpha value is -1.02. The zero-order chi connectivity index (χ0) is 11.9. The van der Waals surface area contributed by atoms with Gasteiger partial charge in [0.2, 0.25) is 0 Å². The monoisotopic (exact) mass is 236 g/mol. The largest absolute Gasteiger partial charge is 0.323 e. The van der Waals surface area contributed by atoms with Crippen LogP contribution in [0.5, 0.6) is 0 Å². The predicted molar refractivity (Wildman–Crippen MR) is 69.1 cm³/mol. The van der Waals surface area contributed by atoms with Crippen molar-refractivity contribution in [1.29, 1.82) is 0 Å². The molecule has 0 amide bonds. The highest BCUT2D eigenvalue weighted by molar-refractivity contribution is 6.31. The van der Waals surface area contributed by atoms with Crippen LogP contribution in [0.2, 0.25) is 5.02 Å². The molecule has 0 fully saturated rings. The van der Waals surface area contributed by atoms with E-state index in [0.717, 1.165) is 28.3 Å².